The highest BCUT2D eigenvalue weighted by molar-refractivity contribution is 7.09. The molecule has 0 aliphatic carbocycles. The van der Waals surface area contributed by atoms with E-state index >= 15 is 0 Å². The van der Waals surface area contributed by atoms with Crippen LogP contribution in [-0.4, -0.2) is 34.7 Å². The number of hydrogen-bond acceptors (Lipinski definition) is 5. The molecule has 4 rings (SSSR count). The standard InChI is InChI=1S/C26H26F3N3O2S/c1-18(33)25(20-7-3-2-4-8-20)10-12-32(13-11-25)16-23-31-22(17-35-23)24(34)30-15-19-6-5-9-21(14-19)26(27,28)29/h2-9,14,17H,10-13,15-16H2,1H3,(H,30,34). The molecule has 184 valence electrons. The summed E-state index contributed by atoms with van der Waals surface area (Å²) in [5.41, 5.74) is 0.458. The van der Waals surface area contributed by atoms with Gasteiger partial charge in [-0.3, -0.25) is 14.5 Å². The number of thiazole rings is 1. The molecule has 0 radical (unpaired) electrons. The minimum absolute atomic E-state index is 0.0195. The molecule has 35 heavy (non-hydrogen) atoms. The zero-order valence-corrected chi connectivity index (χ0v) is 20.1. The molecule has 0 saturated carbocycles. The number of hydrogen-bond donors (Lipinski definition) is 1. The minimum atomic E-state index is -4.43. The highest BCUT2D eigenvalue weighted by atomic mass is 32.1. The van der Waals surface area contributed by atoms with E-state index in [1.165, 1.54) is 23.5 Å². The second-order valence-corrected chi connectivity index (χ2v) is 9.73. The Hall–Kier alpha value is -3.04. The smallest absolute Gasteiger partial charge is 0.347 e. The first-order valence-electron chi connectivity index (χ1n) is 11.3. The SMILES string of the molecule is CC(=O)C1(c2ccccc2)CCN(Cc2nc(C(=O)NCc3cccc(C(F)(F)F)c3)cs2)CC1. The monoisotopic (exact) mass is 501 g/mol. The fourth-order valence-electron chi connectivity index (χ4n) is 4.50. The Morgan fingerprint density at radius 1 is 1.09 bits per heavy atom. The van der Waals surface area contributed by atoms with Gasteiger partial charge in [-0.1, -0.05) is 42.5 Å². The molecular formula is C26H26F3N3O2S. The predicted molar refractivity (Wildman–Crippen MR) is 128 cm³/mol. The largest absolute Gasteiger partial charge is 0.416 e. The van der Waals surface area contributed by atoms with Crippen molar-refractivity contribution in [3.63, 3.8) is 0 Å². The van der Waals surface area contributed by atoms with Crippen molar-refractivity contribution >= 4 is 23.0 Å². The van der Waals surface area contributed by atoms with Gasteiger partial charge < -0.3 is 5.32 Å². The van der Waals surface area contributed by atoms with Gasteiger partial charge in [0, 0.05) is 11.9 Å². The van der Waals surface area contributed by atoms with Gasteiger partial charge in [0.2, 0.25) is 0 Å². The molecule has 1 N–H and O–H groups in total. The molecule has 1 fully saturated rings. The molecule has 9 heteroatoms. The van der Waals surface area contributed by atoms with E-state index in [2.05, 4.69) is 15.2 Å². The van der Waals surface area contributed by atoms with E-state index in [0.717, 1.165) is 48.6 Å². The van der Waals surface area contributed by atoms with Crippen LogP contribution in [0.3, 0.4) is 0 Å². The van der Waals surface area contributed by atoms with Crippen LogP contribution in [0.15, 0.2) is 60.0 Å². The number of carbonyl (C=O) groups excluding carboxylic acids is 2. The predicted octanol–water partition coefficient (Wildman–Crippen LogP) is 5.21. The number of benzene rings is 2. The minimum Gasteiger partial charge on any atom is -0.347 e. The van der Waals surface area contributed by atoms with Crippen molar-refractivity contribution in [1.29, 1.82) is 0 Å². The second-order valence-electron chi connectivity index (χ2n) is 8.79. The first kappa shape index (κ1) is 25.1. The summed E-state index contributed by atoms with van der Waals surface area (Å²) in [4.78, 5) is 31.7. The molecule has 1 amide bonds. The van der Waals surface area contributed by atoms with Crippen LogP contribution in [0.25, 0.3) is 0 Å². The van der Waals surface area contributed by atoms with Gasteiger partial charge in [-0.2, -0.15) is 13.2 Å². The lowest BCUT2D eigenvalue weighted by atomic mass is 9.70. The fraction of sp³-hybridized carbons (Fsp3) is 0.346. The summed E-state index contributed by atoms with van der Waals surface area (Å²) in [6.07, 6.45) is -2.98. The van der Waals surface area contributed by atoms with E-state index in [1.54, 1.807) is 12.3 Å². The topological polar surface area (TPSA) is 62.3 Å². The van der Waals surface area contributed by atoms with Crippen LogP contribution in [-0.2, 0) is 29.5 Å². The number of rotatable bonds is 7. The van der Waals surface area contributed by atoms with Crippen LogP contribution < -0.4 is 5.32 Å². The van der Waals surface area contributed by atoms with E-state index < -0.39 is 23.1 Å². The Labute approximate surface area is 206 Å². The number of nitrogens with zero attached hydrogens (tertiary/aromatic N) is 2. The lowest BCUT2D eigenvalue weighted by Gasteiger charge is -2.40. The molecule has 1 aliphatic heterocycles. The molecule has 1 aliphatic rings. The average molecular weight is 502 g/mol. The normalized spacial score (nSPS) is 16.1. The van der Waals surface area contributed by atoms with E-state index in [1.807, 2.05) is 30.3 Å². The molecule has 0 unspecified atom stereocenters. The van der Waals surface area contributed by atoms with Crippen molar-refractivity contribution in [2.75, 3.05) is 13.1 Å². The number of piperidine rings is 1. The molecule has 3 aromatic rings. The number of likely N-dealkylation sites (tertiary alicyclic amines) is 1. The number of alkyl halides is 3. The molecule has 0 atom stereocenters. The summed E-state index contributed by atoms with van der Waals surface area (Å²) in [6.45, 7) is 3.70. The number of halogens is 3. The molecule has 0 spiro atoms. The van der Waals surface area contributed by atoms with Crippen molar-refractivity contribution in [1.82, 2.24) is 15.2 Å². The molecule has 5 nitrogen and oxygen atoms in total. The summed E-state index contributed by atoms with van der Waals surface area (Å²) in [5, 5.41) is 5.08. The maximum Gasteiger partial charge on any atom is 0.416 e. The van der Waals surface area contributed by atoms with Gasteiger partial charge in [-0.25, -0.2) is 4.98 Å². The van der Waals surface area contributed by atoms with Crippen molar-refractivity contribution in [3.8, 4) is 0 Å². The highest BCUT2D eigenvalue weighted by Crippen LogP contribution is 2.37. The summed E-state index contributed by atoms with van der Waals surface area (Å²) in [5.74, 6) is -0.249. The van der Waals surface area contributed by atoms with Crippen molar-refractivity contribution in [2.24, 2.45) is 0 Å². The van der Waals surface area contributed by atoms with Crippen molar-refractivity contribution in [2.45, 2.75) is 44.4 Å². The Kier molecular flexibility index (Phi) is 7.37. The molecule has 2 aromatic carbocycles. The molecule has 1 aromatic heterocycles. The van der Waals surface area contributed by atoms with Crippen molar-refractivity contribution in [3.05, 3.63) is 87.4 Å². The van der Waals surface area contributed by atoms with E-state index in [0.29, 0.717) is 12.1 Å². The lowest BCUT2D eigenvalue weighted by molar-refractivity contribution is -0.137. The van der Waals surface area contributed by atoms with Crippen LogP contribution in [0.4, 0.5) is 13.2 Å². The Bertz CT molecular complexity index is 1190. The van der Waals surface area contributed by atoms with Gasteiger partial charge in [0.15, 0.2) is 0 Å². The molecule has 2 heterocycles. The number of ketones is 1. The summed E-state index contributed by atoms with van der Waals surface area (Å²) >= 11 is 1.37. The Morgan fingerprint density at radius 3 is 2.46 bits per heavy atom. The van der Waals surface area contributed by atoms with Gasteiger partial charge in [0.1, 0.15) is 16.5 Å². The third kappa shape index (κ3) is 5.79. The maximum atomic E-state index is 12.9. The quantitative estimate of drug-likeness (QED) is 0.483. The zero-order valence-electron chi connectivity index (χ0n) is 19.3. The molecule has 0 bridgehead atoms. The van der Waals surface area contributed by atoms with Gasteiger partial charge in [0.05, 0.1) is 17.5 Å². The van der Waals surface area contributed by atoms with Crippen LogP contribution in [0, 0.1) is 0 Å². The van der Waals surface area contributed by atoms with Crippen LogP contribution >= 0.6 is 11.3 Å². The highest BCUT2D eigenvalue weighted by Gasteiger charge is 2.40. The fourth-order valence-corrected chi connectivity index (χ4v) is 5.32. The molecule has 1 saturated heterocycles. The second kappa shape index (κ2) is 10.3. The van der Waals surface area contributed by atoms with E-state index in [-0.39, 0.29) is 18.0 Å². The number of Topliss-reactive ketones (excluding diaryl/α,β-unsaturated/α-hetero) is 1. The number of amides is 1. The summed E-state index contributed by atoms with van der Waals surface area (Å²) in [6, 6.07) is 14.8. The zero-order chi connectivity index (χ0) is 25.1. The first-order valence-corrected chi connectivity index (χ1v) is 12.2. The number of aromatic nitrogens is 1. The van der Waals surface area contributed by atoms with E-state index in [4.69, 9.17) is 0 Å². The van der Waals surface area contributed by atoms with Crippen LogP contribution in [0.1, 0.15) is 52.0 Å². The van der Waals surface area contributed by atoms with Gasteiger partial charge in [-0.05, 0) is 56.1 Å². The number of carbonyl (C=O) groups is 2. The Balaban J connectivity index is 1.33. The van der Waals surface area contributed by atoms with Gasteiger partial charge in [-0.15, -0.1) is 11.3 Å². The number of nitrogens with one attached hydrogen (secondary N) is 1. The third-order valence-corrected chi connectivity index (χ3v) is 7.39. The van der Waals surface area contributed by atoms with Gasteiger partial charge in [0.25, 0.3) is 5.91 Å². The van der Waals surface area contributed by atoms with E-state index in [9.17, 15) is 22.8 Å². The Morgan fingerprint density at radius 2 is 1.80 bits per heavy atom. The van der Waals surface area contributed by atoms with Gasteiger partial charge >= 0.3 is 6.18 Å². The first-order chi connectivity index (χ1) is 16.7. The molecular weight excluding hydrogens is 475 g/mol. The van der Waals surface area contributed by atoms with Crippen LogP contribution in [0.2, 0.25) is 0 Å². The average Bonchev–Trinajstić information content (AvgIpc) is 3.32. The van der Waals surface area contributed by atoms with Crippen molar-refractivity contribution < 1.29 is 22.8 Å². The maximum absolute atomic E-state index is 12.9. The third-order valence-electron chi connectivity index (χ3n) is 6.56. The summed E-state index contributed by atoms with van der Waals surface area (Å²) < 4.78 is 38.6. The summed E-state index contributed by atoms with van der Waals surface area (Å²) in [7, 11) is 0. The van der Waals surface area contributed by atoms with Crippen LogP contribution in [0.5, 0.6) is 0 Å². The lowest BCUT2D eigenvalue weighted by Crippen LogP contribution is -2.46.